The Kier molecular flexibility index (Phi) is 5.18. The third-order valence-electron chi connectivity index (χ3n) is 3.72. The number of ether oxygens (including phenoxy) is 2. The molecule has 1 aliphatic heterocycles. The fraction of sp³-hybridized carbons (Fsp3) is 0.158. The summed E-state index contributed by atoms with van der Waals surface area (Å²) in [7, 11) is 3.11. The number of aryl methyl sites for hydroxylation is 1. The second kappa shape index (κ2) is 7.53. The first-order valence-corrected chi connectivity index (χ1v) is 8.63. The van der Waals surface area contributed by atoms with Crippen molar-refractivity contribution in [2.75, 3.05) is 14.2 Å². The Morgan fingerprint density at radius 2 is 2.00 bits per heavy atom. The molecular formula is C19H18N2O4S. The lowest BCUT2D eigenvalue weighted by atomic mass is 10.1. The molecule has 3 rings (SSSR count). The lowest BCUT2D eigenvalue weighted by molar-refractivity contribution is -0.115. The summed E-state index contributed by atoms with van der Waals surface area (Å²) in [5.41, 5.74) is 2.10. The smallest absolute Gasteiger partial charge is 0.264 e. The second-order valence-electron chi connectivity index (χ2n) is 5.56. The second-order valence-corrected chi connectivity index (χ2v) is 6.59. The molecule has 134 valence electrons. The van der Waals surface area contributed by atoms with Gasteiger partial charge < -0.3 is 19.9 Å². The number of nitrogens with one attached hydrogen (secondary N) is 1. The number of benzene rings is 2. The summed E-state index contributed by atoms with van der Waals surface area (Å²) in [5, 5.41) is 13.0. The Labute approximate surface area is 155 Å². The summed E-state index contributed by atoms with van der Waals surface area (Å²) in [6, 6.07) is 10.6. The van der Waals surface area contributed by atoms with Gasteiger partial charge in [-0.3, -0.25) is 4.79 Å². The number of methoxy groups -OCH3 is 2. The molecule has 2 aromatic rings. The molecule has 1 amide bonds. The summed E-state index contributed by atoms with van der Waals surface area (Å²) in [4.78, 5) is 17.1. The minimum atomic E-state index is -0.259. The number of para-hydroxylation sites is 1. The molecule has 7 heteroatoms. The van der Waals surface area contributed by atoms with E-state index in [1.807, 2.05) is 19.1 Å². The number of rotatable bonds is 4. The average Bonchev–Trinajstić information content (AvgIpc) is 2.97. The van der Waals surface area contributed by atoms with Gasteiger partial charge >= 0.3 is 0 Å². The zero-order valence-electron chi connectivity index (χ0n) is 14.6. The lowest BCUT2D eigenvalue weighted by Gasteiger charge is -2.10. The quantitative estimate of drug-likeness (QED) is 0.804. The van der Waals surface area contributed by atoms with Crippen LogP contribution in [0.2, 0.25) is 0 Å². The van der Waals surface area contributed by atoms with Gasteiger partial charge in [0.15, 0.2) is 16.7 Å². The highest BCUT2D eigenvalue weighted by Crippen LogP contribution is 2.36. The summed E-state index contributed by atoms with van der Waals surface area (Å²) in [6.07, 6.45) is 1.72. The largest absolute Gasteiger partial charge is 0.506 e. The number of aromatic hydroxyl groups is 1. The molecular weight excluding hydrogens is 352 g/mol. The Morgan fingerprint density at radius 3 is 2.73 bits per heavy atom. The number of carbonyl (C=O) groups is 1. The molecule has 0 radical (unpaired) electrons. The molecule has 1 aliphatic rings. The first-order chi connectivity index (χ1) is 12.5. The lowest BCUT2D eigenvalue weighted by Crippen LogP contribution is -2.19. The summed E-state index contributed by atoms with van der Waals surface area (Å²) < 4.78 is 10.7. The van der Waals surface area contributed by atoms with Crippen LogP contribution >= 0.6 is 11.8 Å². The topological polar surface area (TPSA) is 80.2 Å². The van der Waals surface area contributed by atoms with Crippen LogP contribution in [0.4, 0.5) is 5.69 Å². The van der Waals surface area contributed by atoms with Crippen LogP contribution in [0.1, 0.15) is 11.1 Å². The highest BCUT2D eigenvalue weighted by Gasteiger charge is 2.25. The third-order valence-corrected chi connectivity index (χ3v) is 4.63. The maximum atomic E-state index is 12.3. The predicted octanol–water partition coefficient (Wildman–Crippen LogP) is 3.61. The number of carbonyl (C=O) groups excluding carboxylic acids is 1. The van der Waals surface area contributed by atoms with E-state index in [1.165, 1.54) is 11.8 Å². The minimum Gasteiger partial charge on any atom is -0.506 e. The van der Waals surface area contributed by atoms with Gasteiger partial charge in [-0.1, -0.05) is 18.2 Å². The maximum Gasteiger partial charge on any atom is 0.264 e. The molecule has 0 saturated carbocycles. The van der Waals surface area contributed by atoms with Crippen LogP contribution in [0.25, 0.3) is 6.08 Å². The molecule has 2 N–H and O–H groups in total. The minimum absolute atomic E-state index is 0.0600. The number of amides is 1. The Bertz CT molecular complexity index is 922. The number of amidine groups is 1. The van der Waals surface area contributed by atoms with Gasteiger partial charge in [0, 0.05) is 5.56 Å². The maximum absolute atomic E-state index is 12.3. The monoisotopic (exact) mass is 370 g/mol. The van der Waals surface area contributed by atoms with Crippen LogP contribution in [0.15, 0.2) is 46.3 Å². The van der Waals surface area contributed by atoms with Gasteiger partial charge in [-0.2, -0.15) is 0 Å². The highest BCUT2D eigenvalue weighted by atomic mass is 32.2. The fourth-order valence-corrected chi connectivity index (χ4v) is 3.31. The molecule has 0 aromatic heterocycles. The Balaban J connectivity index is 1.92. The van der Waals surface area contributed by atoms with Gasteiger partial charge in [-0.25, -0.2) is 4.99 Å². The van der Waals surface area contributed by atoms with Crippen LogP contribution in [0, 0.1) is 6.92 Å². The molecule has 2 aromatic carbocycles. The van der Waals surface area contributed by atoms with Crippen molar-refractivity contribution in [2.24, 2.45) is 4.99 Å². The Hall–Kier alpha value is -2.93. The number of thioether (sulfide) groups is 1. The van der Waals surface area contributed by atoms with Crippen molar-refractivity contribution in [3.05, 3.63) is 52.4 Å². The van der Waals surface area contributed by atoms with Crippen LogP contribution in [-0.2, 0) is 4.79 Å². The van der Waals surface area contributed by atoms with Gasteiger partial charge in [0.2, 0.25) is 0 Å². The first kappa shape index (κ1) is 17.9. The number of phenols is 1. The van der Waals surface area contributed by atoms with Crippen molar-refractivity contribution >= 4 is 34.6 Å². The van der Waals surface area contributed by atoms with Crippen molar-refractivity contribution in [1.82, 2.24) is 5.32 Å². The van der Waals surface area contributed by atoms with Gasteiger partial charge in [-0.05, 0) is 48.5 Å². The van der Waals surface area contributed by atoms with Crippen LogP contribution < -0.4 is 14.8 Å². The molecule has 0 aliphatic carbocycles. The van der Waals surface area contributed by atoms with Crippen molar-refractivity contribution in [1.29, 1.82) is 0 Å². The molecule has 0 unspecified atom stereocenters. The molecule has 0 atom stereocenters. The number of hydrogen-bond donors (Lipinski definition) is 2. The van der Waals surface area contributed by atoms with Crippen LogP contribution in [0.5, 0.6) is 17.2 Å². The summed E-state index contributed by atoms with van der Waals surface area (Å²) >= 11 is 1.20. The normalized spacial score (nSPS) is 16.8. The zero-order chi connectivity index (χ0) is 18.7. The van der Waals surface area contributed by atoms with E-state index < -0.39 is 0 Å². The van der Waals surface area contributed by atoms with E-state index >= 15 is 0 Å². The van der Waals surface area contributed by atoms with E-state index in [9.17, 15) is 9.90 Å². The molecule has 0 spiro atoms. The van der Waals surface area contributed by atoms with Crippen molar-refractivity contribution in [3.63, 3.8) is 0 Å². The van der Waals surface area contributed by atoms with Crippen molar-refractivity contribution in [2.45, 2.75) is 6.92 Å². The standard InChI is InChI=1S/C19H18N2O4S/c1-11-7-8-14(22)13(9-11)20-19-21-18(23)16(26-19)10-12-5-4-6-15(24-2)17(12)25-3/h4-10,22H,1-3H3,(H,20,21,23)/b16-10-. The Morgan fingerprint density at radius 1 is 1.19 bits per heavy atom. The van der Waals surface area contributed by atoms with E-state index in [2.05, 4.69) is 10.3 Å². The molecule has 26 heavy (non-hydrogen) atoms. The van der Waals surface area contributed by atoms with Crippen LogP contribution in [-0.4, -0.2) is 30.4 Å². The molecule has 0 bridgehead atoms. The fourth-order valence-electron chi connectivity index (χ4n) is 2.48. The molecule has 1 saturated heterocycles. The summed E-state index contributed by atoms with van der Waals surface area (Å²) in [5.74, 6) is 0.942. The van der Waals surface area contributed by atoms with Gasteiger partial charge in [0.1, 0.15) is 11.4 Å². The molecule has 1 heterocycles. The van der Waals surface area contributed by atoms with E-state index in [4.69, 9.17) is 9.47 Å². The zero-order valence-corrected chi connectivity index (χ0v) is 15.4. The predicted molar refractivity (Wildman–Crippen MR) is 103 cm³/mol. The summed E-state index contributed by atoms with van der Waals surface area (Å²) in [6.45, 7) is 1.91. The average molecular weight is 370 g/mol. The van der Waals surface area contributed by atoms with Crippen molar-refractivity contribution in [3.8, 4) is 17.2 Å². The van der Waals surface area contributed by atoms with Gasteiger partial charge in [0.05, 0.1) is 19.1 Å². The highest BCUT2D eigenvalue weighted by molar-refractivity contribution is 8.18. The SMILES string of the molecule is COc1cccc(/C=C2\SC(=Nc3cc(C)ccc3O)NC2=O)c1OC. The van der Waals surface area contributed by atoms with Gasteiger partial charge in [0.25, 0.3) is 5.91 Å². The van der Waals surface area contributed by atoms with E-state index in [0.717, 1.165) is 11.1 Å². The number of phenolic OH excluding ortho intramolecular Hbond substituents is 1. The number of nitrogens with zero attached hydrogens (tertiary/aromatic N) is 1. The number of hydrogen-bond acceptors (Lipinski definition) is 6. The van der Waals surface area contributed by atoms with E-state index in [0.29, 0.717) is 27.3 Å². The van der Waals surface area contributed by atoms with Crippen molar-refractivity contribution < 1.29 is 19.4 Å². The molecule has 6 nitrogen and oxygen atoms in total. The molecule has 1 fully saturated rings. The van der Waals surface area contributed by atoms with Gasteiger partial charge in [-0.15, -0.1) is 0 Å². The third kappa shape index (κ3) is 3.67. The number of aliphatic imine (C=N–C) groups is 1. The van der Waals surface area contributed by atoms with Crippen LogP contribution in [0.3, 0.4) is 0 Å². The first-order valence-electron chi connectivity index (χ1n) is 7.82. The van der Waals surface area contributed by atoms with E-state index in [1.54, 1.807) is 44.6 Å². The van der Waals surface area contributed by atoms with E-state index in [-0.39, 0.29) is 11.7 Å².